The second-order valence-electron chi connectivity index (χ2n) is 8.33. The fraction of sp³-hybridized carbons (Fsp3) is 1.00. The molecule has 0 aromatic heterocycles. The van der Waals surface area contributed by atoms with E-state index in [0.717, 1.165) is 0 Å². The van der Waals surface area contributed by atoms with Crippen molar-refractivity contribution in [3.05, 3.63) is 0 Å². The van der Waals surface area contributed by atoms with Crippen LogP contribution in [0.3, 0.4) is 0 Å². The number of hydrogen-bond donors (Lipinski definition) is 10. The largest absolute Gasteiger partial charge is 0.394 e. The lowest BCUT2D eigenvalue weighted by Crippen LogP contribution is -2.47. The van der Waals surface area contributed by atoms with Crippen LogP contribution in [0.4, 0.5) is 0 Å². The number of ether oxygens (including phenoxy) is 5. The van der Waals surface area contributed by atoms with E-state index in [2.05, 4.69) is 0 Å². The molecular formula is C18H32O15. The van der Waals surface area contributed by atoms with E-state index < -0.39 is 105 Å². The summed E-state index contributed by atoms with van der Waals surface area (Å²) in [6.45, 7) is -0.274. The van der Waals surface area contributed by atoms with Gasteiger partial charge in [-0.25, -0.2) is 0 Å². The van der Waals surface area contributed by atoms with Gasteiger partial charge in [-0.15, -0.1) is 0 Å². The van der Waals surface area contributed by atoms with Crippen LogP contribution < -0.4 is 0 Å². The second-order valence-corrected chi connectivity index (χ2v) is 8.33. The minimum atomic E-state index is -1.73. The van der Waals surface area contributed by atoms with E-state index in [4.69, 9.17) is 28.8 Å². The zero-order valence-electron chi connectivity index (χ0n) is 17.6. The molecule has 0 aromatic rings. The third-order valence-electron chi connectivity index (χ3n) is 5.93. The summed E-state index contributed by atoms with van der Waals surface area (Å²) in [6.07, 6.45) is -23.0. The molecule has 15 atom stereocenters. The molecule has 3 aliphatic rings. The zero-order valence-corrected chi connectivity index (χ0v) is 17.6. The minimum absolute atomic E-state index is 0.783. The summed E-state index contributed by atoms with van der Waals surface area (Å²) < 4.78 is 26.8. The smallest absolute Gasteiger partial charge is 0.187 e. The molecule has 0 aromatic carbocycles. The van der Waals surface area contributed by atoms with Gasteiger partial charge in [-0.05, 0) is 6.92 Å². The average molecular weight is 488 g/mol. The summed E-state index contributed by atoms with van der Waals surface area (Å²) >= 11 is 0. The Morgan fingerprint density at radius 1 is 0.636 bits per heavy atom. The predicted octanol–water partition coefficient (Wildman–Crippen LogP) is -6.55. The van der Waals surface area contributed by atoms with E-state index in [1.165, 1.54) is 6.92 Å². The van der Waals surface area contributed by atoms with Gasteiger partial charge in [0, 0.05) is 0 Å². The van der Waals surface area contributed by atoms with Crippen LogP contribution in [0, 0.1) is 0 Å². The molecule has 3 saturated heterocycles. The Balaban J connectivity index is 1.77. The van der Waals surface area contributed by atoms with E-state index in [0.29, 0.717) is 0 Å². The highest BCUT2D eigenvalue weighted by Crippen LogP contribution is 2.35. The van der Waals surface area contributed by atoms with Gasteiger partial charge in [0.15, 0.2) is 18.9 Å². The summed E-state index contributed by atoms with van der Waals surface area (Å²) in [7, 11) is 0. The van der Waals surface area contributed by atoms with Crippen molar-refractivity contribution in [2.45, 2.75) is 99.0 Å². The Kier molecular flexibility index (Phi) is 8.99. The van der Waals surface area contributed by atoms with E-state index in [-0.39, 0.29) is 0 Å². The topological polar surface area (TPSA) is 248 Å². The Bertz CT molecular complexity index is 624. The summed E-state index contributed by atoms with van der Waals surface area (Å²) in [5, 5.41) is 99.0. The van der Waals surface area contributed by atoms with Crippen molar-refractivity contribution < 1.29 is 74.7 Å². The van der Waals surface area contributed by atoms with Gasteiger partial charge in [0.1, 0.15) is 67.1 Å². The first kappa shape index (κ1) is 27.0. The molecule has 0 spiro atoms. The van der Waals surface area contributed by atoms with Gasteiger partial charge in [-0.2, -0.15) is 0 Å². The molecule has 0 radical (unpaired) electrons. The van der Waals surface area contributed by atoms with E-state index in [9.17, 15) is 46.0 Å². The molecule has 0 bridgehead atoms. The molecule has 15 nitrogen and oxygen atoms in total. The molecule has 15 heteroatoms. The average Bonchev–Trinajstić information content (AvgIpc) is 3.36. The third-order valence-corrected chi connectivity index (χ3v) is 5.93. The van der Waals surface area contributed by atoms with Crippen molar-refractivity contribution >= 4 is 0 Å². The Hall–Kier alpha value is -0.600. The highest BCUT2D eigenvalue weighted by molar-refractivity contribution is 4.97. The molecule has 3 fully saturated rings. The molecule has 0 saturated carbocycles. The van der Waals surface area contributed by atoms with Crippen LogP contribution in [0.1, 0.15) is 6.92 Å². The summed E-state index contributed by atoms with van der Waals surface area (Å²) in [4.78, 5) is 0. The SMILES string of the molecule is C[C@H](O)[C@H]1O[C@H](O)[C@@H](O[C@@H]2O[C@@H]([C@@H](O)CO)[C@H](O)[C@H]2O[C@@H]2O[C@@H]([C@@H](O)CO)[C@H](O)[C@H]2O)[C@@H]1O. The molecule has 10 N–H and O–H groups in total. The maximum absolute atomic E-state index is 10.6. The van der Waals surface area contributed by atoms with Crippen LogP contribution in [-0.2, 0) is 23.7 Å². The van der Waals surface area contributed by atoms with Crippen LogP contribution >= 0.6 is 0 Å². The lowest BCUT2D eigenvalue weighted by atomic mass is 10.0. The van der Waals surface area contributed by atoms with Gasteiger partial charge >= 0.3 is 0 Å². The highest BCUT2D eigenvalue weighted by atomic mass is 16.8. The number of aliphatic hydroxyl groups is 10. The summed E-state index contributed by atoms with van der Waals surface area (Å²) in [6, 6.07) is 0. The fourth-order valence-corrected chi connectivity index (χ4v) is 4.07. The van der Waals surface area contributed by atoms with Crippen molar-refractivity contribution in [2.75, 3.05) is 13.2 Å². The van der Waals surface area contributed by atoms with Crippen molar-refractivity contribution in [1.29, 1.82) is 0 Å². The van der Waals surface area contributed by atoms with Crippen molar-refractivity contribution in [2.24, 2.45) is 0 Å². The summed E-state index contributed by atoms with van der Waals surface area (Å²) in [5.41, 5.74) is 0. The predicted molar refractivity (Wildman–Crippen MR) is 99.8 cm³/mol. The first-order valence-corrected chi connectivity index (χ1v) is 10.4. The lowest BCUT2D eigenvalue weighted by molar-refractivity contribution is -0.275. The van der Waals surface area contributed by atoms with Gasteiger partial charge in [-0.3, -0.25) is 0 Å². The first-order valence-electron chi connectivity index (χ1n) is 10.4. The van der Waals surface area contributed by atoms with Crippen LogP contribution in [0.25, 0.3) is 0 Å². The Labute approximate surface area is 187 Å². The monoisotopic (exact) mass is 488 g/mol. The second kappa shape index (κ2) is 11.0. The van der Waals surface area contributed by atoms with E-state index >= 15 is 0 Å². The molecule has 33 heavy (non-hydrogen) atoms. The molecule has 0 amide bonds. The fourth-order valence-electron chi connectivity index (χ4n) is 4.07. The summed E-state index contributed by atoms with van der Waals surface area (Å²) in [5.74, 6) is 0. The van der Waals surface area contributed by atoms with Crippen LogP contribution in [0.5, 0.6) is 0 Å². The minimum Gasteiger partial charge on any atom is -0.394 e. The molecule has 0 unspecified atom stereocenters. The van der Waals surface area contributed by atoms with Crippen LogP contribution in [0.15, 0.2) is 0 Å². The number of aliphatic hydroxyl groups excluding tert-OH is 10. The van der Waals surface area contributed by atoms with Crippen molar-refractivity contribution in [1.82, 2.24) is 0 Å². The molecule has 0 aliphatic carbocycles. The Morgan fingerprint density at radius 2 is 1.12 bits per heavy atom. The quantitative estimate of drug-likeness (QED) is 0.145. The molecule has 194 valence electrons. The first-order chi connectivity index (χ1) is 15.5. The third kappa shape index (κ3) is 5.32. The van der Waals surface area contributed by atoms with Crippen LogP contribution in [-0.4, -0.2) is 156 Å². The Morgan fingerprint density at radius 3 is 1.64 bits per heavy atom. The van der Waals surface area contributed by atoms with Crippen molar-refractivity contribution in [3.8, 4) is 0 Å². The standard InChI is InChI=1S/C18H32O15/c1-4(21)11-9(26)14(16(28)29-11)32-18-15(10(27)13(31-18)6(23)3-20)33-17-8(25)7(24)12(30-17)5(22)2-19/h4-28H,2-3H2,1H3/t4-,5-,6-,7+,8+,9+,10-,11+,12-,13-,14-,15+,16-,17-,18-/m0/s1. The van der Waals surface area contributed by atoms with E-state index in [1.807, 2.05) is 0 Å². The molecule has 3 rings (SSSR count). The van der Waals surface area contributed by atoms with Gasteiger partial charge < -0.3 is 74.7 Å². The number of hydrogen-bond acceptors (Lipinski definition) is 15. The molecule has 3 aliphatic heterocycles. The maximum Gasteiger partial charge on any atom is 0.187 e. The van der Waals surface area contributed by atoms with Gasteiger partial charge in [0.25, 0.3) is 0 Å². The zero-order chi connectivity index (χ0) is 24.6. The van der Waals surface area contributed by atoms with Gasteiger partial charge in [0.2, 0.25) is 0 Å². The van der Waals surface area contributed by atoms with Gasteiger partial charge in [-0.1, -0.05) is 0 Å². The number of rotatable bonds is 9. The van der Waals surface area contributed by atoms with Crippen molar-refractivity contribution in [3.63, 3.8) is 0 Å². The maximum atomic E-state index is 10.6. The highest BCUT2D eigenvalue weighted by Gasteiger charge is 2.56. The molecule has 3 heterocycles. The van der Waals surface area contributed by atoms with E-state index in [1.54, 1.807) is 0 Å². The van der Waals surface area contributed by atoms with Gasteiger partial charge in [0.05, 0.1) is 19.3 Å². The lowest BCUT2D eigenvalue weighted by Gasteiger charge is -2.28. The van der Waals surface area contributed by atoms with Crippen LogP contribution in [0.2, 0.25) is 0 Å². The molecular weight excluding hydrogens is 456 g/mol. The normalized spacial score (nSPS) is 48.8.